The summed E-state index contributed by atoms with van der Waals surface area (Å²) in [4.78, 5) is 12.0. The smallest absolute Gasteiger partial charge is 0.247 e. The van der Waals surface area contributed by atoms with Crippen molar-refractivity contribution in [1.29, 1.82) is 0 Å². The number of nitrogens with zero attached hydrogens (tertiary/aromatic N) is 1. The zero-order valence-corrected chi connectivity index (χ0v) is 13.6. The van der Waals surface area contributed by atoms with Gasteiger partial charge in [0.1, 0.15) is 5.69 Å². The van der Waals surface area contributed by atoms with Gasteiger partial charge in [-0.1, -0.05) is 41.1 Å². The molecule has 23 heavy (non-hydrogen) atoms. The van der Waals surface area contributed by atoms with Crippen LogP contribution in [-0.2, 0) is 11.3 Å². The van der Waals surface area contributed by atoms with Crippen LogP contribution in [0.1, 0.15) is 28.9 Å². The maximum atomic E-state index is 12.0. The van der Waals surface area contributed by atoms with Crippen molar-refractivity contribution >= 4 is 5.91 Å². The first-order valence-corrected chi connectivity index (χ1v) is 7.72. The fourth-order valence-electron chi connectivity index (χ4n) is 2.99. The van der Waals surface area contributed by atoms with Crippen LogP contribution in [0, 0.1) is 20.8 Å². The average Bonchev–Trinajstić information content (AvgIpc) is 3.15. The predicted molar refractivity (Wildman–Crippen MR) is 89.8 cm³/mol. The lowest BCUT2D eigenvalue weighted by Gasteiger charge is -2.07. The Hall–Kier alpha value is -2.62. The average molecular weight is 308 g/mol. The van der Waals surface area contributed by atoms with E-state index < -0.39 is 0 Å². The third kappa shape index (κ3) is 3.26. The van der Waals surface area contributed by atoms with E-state index in [0.29, 0.717) is 18.7 Å². The van der Waals surface area contributed by atoms with Gasteiger partial charge in [0.05, 0.1) is 6.54 Å². The van der Waals surface area contributed by atoms with Crippen molar-refractivity contribution in [3.05, 3.63) is 64.5 Å². The van der Waals surface area contributed by atoms with Gasteiger partial charge in [-0.3, -0.25) is 4.79 Å². The van der Waals surface area contributed by atoms with E-state index >= 15 is 0 Å². The molecule has 1 amide bonds. The second-order valence-corrected chi connectivity index (χ2v) is 5.96. The Balaban J connectivity index is 1.72. The summed E-state index contributed by atoms with van der Waals surface area (Å²) in [6.07, 6.45) is 6.38. The van der Waals surface area contributed by atoms with E-state index in [1.807, 2.05) is 24.3 Å². The van der Waals surface area contributed by atoms with Gasteiger partial charge in [-0.15, -0.1) is 0 Å². The van der Waals surface area contributed by atoms with Crippen LogP contribution in [0.3, 0.4) is 0 Å². The summed E-state index contributed by atoms with van der Waals surface area (Å²) in [5.41, 5.74) is 6.26. The van der Waals surface area contributed by atoms with Gasteiger partial charge in [0, 0.05) is 17.2 Å². The number of allylic oxidation sites excluding steroid dienone is 3. The summed E-state index contributed by atoms with van der Waals surface area (Å²) < 4.78 is 5.37. The molecule has 0 aliphatic heterocycles. The molecule has 0 unspecified atom stereocenters. The molecule has 1 aliphatic rings. The number of carbonyl (C=O) groups is 1. The molecule has 0 atom stereocenters. The molecule has 0 fully saturated rings. The van der Waals surface area contributed by atoms with Crippen LogP contribution in [0.25, 0.3) is 11.3 Å². The molecule has 4 heteroatoms. The first-order valence-electron chi connectivity index (χ1n) is 7.72. The molecule has 118 valence electrons. The number of nitrogens with one attached hydrogen (secondary N) is 1. The minimum absolute atomic E-state index is 0.0596. The molecule has 4 nitrogen and oxygen atoms in total. The highest BCUT2D eigenvalue weighted by molar-refractivity contribution is 5.94. The predicted octanol–water partition coefficient (Wildman–Crippen LogP) is 3.77. The third-order valence-corrected chi connectivity index (χ3v) is 3.98. The lowest BCUT2D eigenvalue weighted by Crippen LogP contribution is -2.23. The number of hydrogen-bond acceptors (Lipinski definition) is 3. The number of carbonyl (C=O) groups excluding carboxylic acids is 1. The van der Waals surface area contributed by atoms with Crippen LogP contribution >= 0.6 is 0 Å². The first-order chi connectivity index (χ1) is 11.0. The number of amides is 1. The molecule has 3 rings (SSSR count). The Kier molecular flexibility index (Phi) is 4.15. The number of aromatic nitrogens is 1. The maximum Gasteiger partial charge on any atom is 0.247 e. The highest BCUT2D eigenvalue weighted by atomic mass is 16.5. The Bertz CT molecular complexity index is 790. The van der Waals surface area contributed by atoms with Crippen LogP contribution in [-0.4, -0.2) is 11.1 Å². The lowest BCUT2D eigenvalue weighted by molar-refractivity contribution is -0.117. The van der Waals surface area contributed by atoms with Gasteiger partial charge >= 0.3 is 0 Å². The van der Waals surface area contributed by atoms with E-state index in [-0.39, 0.29) is 5.91 Å². The van der Waals surface area contributed by atoms with Gasteiger partial charge in [-0.2, -0.15) is 0 Å². The molecular weight excluding hydrogens is 288 g/mol. The zero-order valence-electron chi connectivity index (χ0n) is 13.6. The third-order valence-electron chi connectivity index (χ3n) is 3.98. The summed E-state index contributed by atoms with van der Waals surface area (Å²) in [5.74, 6) is 0.593. The highest BCUT2D eigenvalue weighted by Gasteiger charge is 2.14. The van der Waals surface area contributed by atoms with Crippen molar-refractivity contribution in [2.24, 2.45) is 0 Å². The van der Waals surface area contributed by atoms with Gasteiger partial charge in [0.2, 0.25) is 5.91 Å². The Morgan fingerprint density at radius 2 is 1.96 bits per heavy atom. The molecule has 1 heterocycles. The van der Waals surface area contributed by atoms with Gasteiger partial charge in [0.15, 0.2) is 5.76 Å². The summed E-state index contributed by atoms with van der Waals surface area (Å²) in [5, 5.41) is 7.02. The molecule has 0 spiro atoms. The van der Waals surface area contributed by atoms with Crippen molar-refractivity contribution in [3.63, 3.8) is 0 Å². The Morgan fingerprint density at radius 1 is 1.22 bits per heavy atom. The number of hydrogen-bond donors (Lipinski definition) is 1. The molecule has 0 radical (unpaired) electrons. The minimum atomic E-state index is -0.0596. The van der Waals surface area contributed by atoms with E-state index in [1.165, 1.54) is 16.7 Å². The number of benzene rings is 1. The molecular formula is C19H20N2O2. The van der Waals surface area contributed by atoms with Crippen molar-refractivity contribution in [1.82, 2.24) is 10.5 Å². The van der Waals surface area contributed by atoms with Crippen LogP contribution < -0.4 is 5.32 Å². The molecule has 0 bridgehead atoms. The number of aryl methyl sites for hydroxylation is 3. The molecule has 0 saturated heterocycles. The second kappa shape index (κ2) is 6.24. The van der Waals surface area contributed by atoms with Gasteiger partial charge < -0.3 is 9.84 Å². The second-order valence-electron chi connectivity index (χ2n) is 5.96. The first kappa shape index (κ1) is 15.3. The Labute approximate surface area is 135 Å². The fraction of sp³-hybridized carbons (Fsp3) is 0.263. The van der Waals surface area contributed by atoms with Crippen molar-refractivity contribution in [2.75, 3.05) is 0 Å². The van der Waals surface area contributed by atoms with E-state index in [1.54, 1.807) is 0 Å². The van der Waals surface area contributed by atoms with Crippen LogP contribution in [0.5, 0.6) is 0 Å². The van der Waals surface area contributed by atoms with E-state index in [9.17, 15) is 4.79 Å². The van der Waals surface area contributed by atoms with Crippen LogP contribution in [0.15, 0.2) is 46.5 Å². The molecule has 1 aliphatic carbocycles. The van der Waals surface area contributed by atoms with Gasteiger partial charge in [-0.25, -0.2) is 0 Å². The van der Waals surface area contributed by atoms with E-state index in [4.69, 9.17) is 4.52 Å². The summed E-state index contributed by atoms with van der Waals surface area (Å²) >= 11 is 0. The monoisotopic (exact) mass is 308 g/mol. The van der Waals surface area contributed by atoms with E-state index in [0.717, 1.165) is 16.8 Å². The molecule has 2 aromatic rings. The molecule has 0 saturated carbocycles. The minimum Gasteiger partial charge on any atom is -0.359 e. The highest BCUT2D eigenvalue weighted by Crippen LogP contribution is 2.28. The standard InChI is InChI=1S/C19H20N2O2/c1-12-8-13(2)18(14(3)9-12)17-10-16(23-21-17)11-20-19(22)15-6-4-5-7-15/h4-6,8-10H,7,11H2,1-3H3,(H,20,22). The van der Waals surface area contributed by atoms with Crippen molar-refractivity contribution in [2.45, 2.75) is 33.7 Å². The fourth-order valence-corrected chi connectivity index (χ4v) is 2.99. The SMILES string of the molecule is Cc1cc(C)c(-c2cc(CNC(=O)C3=CC=CC3)on2)c(C)c1. The largest absolute Gasteiger partial charge is 0.359 e. The zero-order chi connectivity index (χ0) is 16.4. The topological polar surface area (TPSA) is 55.1 Å². The number of rotatable bonds is 4. The molecule has 1 aromatic heterocycles. The van der Waals surface area contributed by atoms with Gasteiger partial charge in [-0.05, 0) is 38.3 Å². The van der Waals surface area contributed by atoms with Crippen LogP contribution in [0.2, 0.25) is 0 Å². The molecule has 1 aromatic carbocycles. The summed E-state index contributed by atoms with van der Waals surface area (Å²) in [7, 11) is 0. The van der Waals surface area contributed by atoms with Crippen molar-refractivity contribution < 1.29 is 9.32 Å². The quantitative estimate of drug-likeness (QED) is 0.935. The Morgan fingerprint density at radius 3 is 2.61 bits per heavy atom. The normalized spacial score (nSPS) is 13.3. The molecule has 1 N–H and O–H groups in total. The van der Waals surface area contributed by atoms with Crippen molar-refractivity contribution in [3.8, 4) is 11.3 Å². The lowest BCUT2D eigenvalue weighted by atomic mass is 9.97. The summed E-state index contributed by atoms with van der Waals surface area (Å²) in [6.45, 7) is 6.57. The summed E-state index contributed by atoms with van der Waals surface area (Å²) in [6, 6.07) is 6.17. The van der Waals surface area contributed by atoms with Gasteiger partial charge in [0.25, 0.3) is 0 Å². The maximum absolute atomic E-state index is 12.0. The van der Waals surface area contributed by atoms with E-state index in [2.05, 4.69) is 43.4 Å². The van der Waals surface area contributed by atoms with Crippen LogP contribution in [0.4, 0.5) is 0 Å².